The van der Waals surface area contributed by atoms with E-state index >= 15 is 0 Å². The van der Waals surface area contributed by atoms with Gasteiger partial charge in [0.15, 0.2) is 5.75 Å². The summed E-state index contributed by atoms with van der Waals surface area (Å²) in [5.74, 6) is 0.959. The Bertz CT molecular complexity index is 1460. The number of fused-ring (bicyclic) bond motifs is 1. The zero-order chi connectivity index (χ0) is 25.1. The van der Waals surface area contributed by atoms with Crippen molar-refractivity contribution in [3.8, 4) is 5.75 Å². The van der Waals surface area contributed by atoms with Gasteiger partial charge >= 0.3 is 0 Å². The van der Waals surface area contributed by atoms with Crippen LogP contribution >= 0.6 is 50.7 Å². The lowest BCUT2D eigenvalue weighted by molar-refractivity contribution is 0.306. The first-order valence-electron chi connectivity index (χ1n) is 10.9. The fraction of sp³-hybridized carbons (Fsp3) is 0.192. The second-order valence-electron chi connectivity index (χ2n) is 8.00. The molecule has 35 heavy (non-hydrogen) atoms. The number of aromatic nitrogens is 2. The van der Waals surface area contributed by atoms with E-state index in [0.29, 0.717) is 43.1 Å². The first-order chi connectivity index (χ1) is 16.8. The smallest absolute Gasteiger partial charge is 0.282 e. The van der Waals surface area contributed by atoms with Gasteiger partial charge in [-0.15, -0.1) is 0 Å². The van der Waals surface area contributed by atoms with Crippen molar-refractivity contribution in [1.82, 2.24) is 9.66 Å². The van der Waals surface area contributed by atoms with E-state index in [0.717, 1.165) is 16.5 Å². The fourth-order valence-corrected chi connectivity index (χ4v) is 4.63. The molecule has 4 rings (SSSR count). The van der Waals surface area contributed by atoms with Gasteiger partial charge in [0.2, 0.25) is 0 Å². The minimum atomic E-state index is -0.250. The molecule has 0 bridgehead atoms. The second-order valence-corrected chi connectivity index (χ2v) is 10.1. The lowest BCUT2D eigenvalue weighted by Gasteiger charge is -2.14. The van der Waals surface area contributed by atoms with E-state index in [1.165, 1.54) is 10.9 Å². The summed E-state index contributed by atoms with van der Waals surface area (Å²) in [6.45, 7) is 4.27. The fourth-order valence-electron chi connectivity index (χ4n) is 3.46. The number of hydrogen-bond acceptors (Lipinski definition) is 4. The highest BCUT2D eigenvalue weighted by molar-refractivity contribution is 9.10. The molecular formula is C26H21BrCl3N3O2. The average Bonchev–Trinajstić information content (AvgIpc) is 2.83. The summed E-state index contributed by atoms with van der Waals surface area (Å²) in [4.78, 5) is 18.0. The topological polar surface area (TPSA) is 56.5 Å². The van der Waals surface area contributed by atoms with Crippen LogP contribution in [0.3, 0.4) is 0 Å². The highest BCUT2D eigenvalue weighted by atomic mass is 79.9. The van der Waals surface area contributed by atoms with Gasteiger partial charge in [0.25, 0.3) is 5.56 Å². The van der Waals surface area contributed by atoms with Gasteiger partial charge in [0, 0.05) is 21.0 Å². The average molecular weight is 594 g/mol. The normalized spacial score (nSPS) is 12.4. The van der Waals surface area contributed by atoms with E-state index < -0.39 is 0 Å². The lowest BCUT2D eigenvalue weighted by atomic mass is 10.1. The first-order valence-corrected chi connectivity index (χ1v) is 12.8. The molecule has 180 valence electrons. The van der Waals surface area contributed by atoms with E-state index in [1.54, 1.807) is 24.3 Å². The number of halogens is 4. The summed E-state index contributed by atoms with van der Waals surface area (Å²) in [6.07, 6.45) is 2.34. The van der Waals surface area contributed by atoms with Gasteiger partial charge in [-0.3, -0.25) is 4.79 Å². The van der Waals surface area contributed by atoms with Gasteiger partial charge in [-0.05, 0) is 48.4 Å². The third-order valence-electron chi connectivity index (χ3n) is 5.56. The van der Waals surface area contributed by atoms with Crippen LogP contribution in [0.4, 0.5) is 0 Å². The first kappa shape index (κ1) is 25.7. The van der Waals surface area contributed by atoms with Gasteiger partial charge in [-0.25, -0.2) is 4.98 Å². The second kappa shape index (κ2) is 11.1. The molecule has 4 aromatic rings. The summed E-state index contributed by atoms with van der Waals surface area (Å²) >= 11 is 22.5. The summed E-state index contributed by atoms with van der Waals surface area (Å²) in [5.41, 5.74) is 1.81. The molecule has 5 nitrogen and oxygen atoms in total. The van der Waals surface area contributed by atoms with Crippen LogP contribution in [0.15, 0.2) is 69.0 Å². The van der Waals surface area contributed by atoms with Crippen molar-refractivity contribution < 1.29 is 4.74 Å². The van der Waals surface area contributed by atoms with E-state index in [-0.39, 0.29) is 18.1 Å². The van der Waals surface area contributed by atoms with Gasteiger partial charge in [-0.2, -0.15) is 9.78 Å². The Morgan fingerprint density at radius 3 is 2.49 bits per heavy atom. The Morgan fingerprint density at radius 2 is 1.80 bits per heavy atom. The lowest BCUT2D eigenvalue weighted by Crippen LogP contribution is -2.23. The standard InChI is InChI=1S/C26H21BrCl3N3O2/c1-3-15(2)25-32-23-9-8-18(27)12-19(23)26(34)33(25)31-13-16-10-21(29)24(22(30)11-16)35-14-17-6-4-5-7-20(17)28/h4-13,15H,3,14H2,1-2H3/t15-/m1/s1. The minimum Gasteiger partial charge on any atom is -0.486 e. The SMILES string of the molecule is CC[C@@H](C)c1nc2ccc(Br)cc2c(=O)n1N=Cc1cc(Cl)c(OCc2ccccc2Cl)c(Cl)c1. The molecule has 1 aromatic heterocycles. The number of nitrogens with zero attached hydrogens (tertiary/aromatic N) is 3. The molecule has 1 heterocycles. The molecular weight excluding hydrogens is 573 g/mol. The Hall–Kier alpha value is -2.38. The molecule has 0 aliphatic carbocycles. The Balaban J connectivity index is 1.68. The third kappa shape index (κ3) is 5.72. The maximum absolute atomic E-state index is 13.3. The molecule has 0 N–H and O–H groups in total. The zero-order valence-corrected chi connectivity index (χ0v) is 22.8. The van der Waals surface area contributed by atoms with Crippen molar-refractivity contribution in [3.05, 3.63) is 101 Å². The van der Waals surface area contributed by atoms with Crippen molar-refractivity contribution in [2.45, 2.75) is 32.8 Å². The van der Waals surface area contributed by atoms with Crippen LogP contribution in [0.5, 0.6) is 5.75 Å². The molecule has 3 aromatic carbocycles. The Kier molecular flexibility index (Phi) is 8.17. The van der Waals surface area contributed by atoms with E-state index in [1.807, 2.05) is 44.2 Å². The third-order valence-corrected chi connectivity index (χ3v) is 6.98. The number of ether oxygens (including phenoxy) is 1. The molecule has 9 heteroatoms. The van der Waals surface area contributed by atoms with Crippen LogP contribution in [0.25, 0.3) is 10.9 Å². The van der Waals surface area contributed by atoms with Crippen LogP contribution in [0.1, 0.15) is 43.1 Å². The Morgan fingerprint density at radius 1 is 1.09 bits per heavy atom. The van der Waals surface area contributed by atoms with Crippen LogP contribution in [-0.4, -0.2) is 15.9 Å². The van der Waals surface area contributed by atoms with Crippen LogP contribution in [0, 0.1) is 0 Å². The monoisotopic (exact) mass is 591 g/mol. The molecule has 0 spiro atoms. The minimum absolute atomic E-state index is 0.0284. The van der Waals surface area contributed by atoms with Gasteiger partial charge in [0.1, 0.15) is 12.4 Å². The van der Waals surface area contributed by atoms with Crippen molar-refractivity contribution in [2.75, 3.05) is 0 Å². The maximum Gasteiger partial charge on any atom is 0.282 e. The quantitative estimate of drug-likeness (QED) is 0.204. The molecule has 0 aliphatic rings. The predicted molar refractivity (Wildman–Crippen MR) is 148 cm³/mol. The number of rotatable bonds is 7. The van der Waals surface area contributed by atoms with Crippen LogP contribution in [0.2, 0.25) is 15.1 Å². The van der Waals surface area contributed by atoms with Crippen molar-refractivity contribution in [1.29, 1.82) is 0 Å². The number of benzene rings is 3. The summed E-state index contributed by atoms with van der Waals surface area (Å²) in [5, 5.41) is 6.18. The molecule has 0 amide bonds. The maximum atomic E-state index is 13.3. The molecule has 0 saturated heterocycles. The molecule has 0 fully saturated rings. The summed E-state index contributed by atoms with van der Waals surface area (Å²) < 4.78 is 7.97. The van der Waals surface area contributed by atoms with E-state index in [2.05, 4.69) is 21.0 Å². The Labute approximate surface area is 226 Å². The van der Waals surface area contributed by atoms with Crippen molar-refractivity contribution in [3.63, 3.8) is 0 Å². The molecule has 0 unspecified atom stereocenters. The van der Waals surface area contributed by atoms with E-state index in [9.17, 15) is 4.79 Å². The van der Waals surface area contributed by atoms with Crippen molar-refractivity contribution >= 4 is 67.9 Å². The largest absolute Gasteiger partial charge is 0.486 e. The van der Waals surface area contributed by atoms with Gasteiger partial charge in [0.05, 0.1) is 27.2 Å². The van der Waals surface area contributed by atoms with E-state index in [4.69, 9.17) is 44.5 Å². The van der Waals surface area contributed by atoms with Crippen LogP contribution < -0.4 is 10.3 Å². The van der Waals surface area contributed by atoms with Gasteiger partial charge in [-0.1, -0.05) is 82.8 Å². The molecule has 0 radical (unpaired) electrons. The summed E-state index contributed by atoms with van der Waals surface area (Å²) in [7, 11) is 0. The zero-order valence-electron chi connectivity index (χ0n) is 18.9. The van der Waals surface area contributed by atoms with Gasteiger partial charge < -0.3 is 4.74 Å². The number of hydrogen-bond donors (Lipinski definition) is 0. The molecule has 0 aliphatic heterocycles. The highest BCUT2D eigenvalue weighted by Crippen LogP contribution is 2.35. The molecule has 0 saturated carbocycles. The molecule has 1 atom stereocenters. The summed E-state index contributed by atoms with van der Waals surface area (Å²) in [6, 6.07) is 16.2. The van der Waals surface area contributed by atoms with Crippen LogP contribution in [-0.2, 0) is 6.61 Å². The highest BCUT2D eigenvalue weighted by Gasteiger charge is 2.16. The van der Waals surface area contributed by atoms with Crippen molar-refractivity contribution in [2.24, 2.45) is 5.10 Å². The predicted octanol–water partition coefficient (Wildman–Crippen LogP) is 8.09.